The summed E-state index contributed by atoms with van der Waals surface area (Å²) >= 11 is 0. The van der Waals surface area contributed by atoms with E-state index in [0.717, 1.165) is 16.5 Å². The lowest BCUT2D eigenvalue weighted by molar-refractivity contribution is -0.136. The lowest BCUT2D eigenvalue weighted by Crippen LogP contribution is -2.58. The van der Waals surface area contributed by atoms with Gasteiger partial charge in [-0.1, -0.05) is 48.5 Å². The number of benzene rings is 2. The summed E-state index contributed by atoms with van der Waals surface area (Å²) in [7, 11) is 0. The van der Waals surface area contributed by atoms with Gasteiger partial charge in [-0.15, -0.1) is 0 Å². The second kappa shape index (κ2) is 31.8. The number of amides is 7. The van der Waals surface area contributed by atoms with Gasteiger partial charge < -0.3 is 71.3 Å². The smallest absolute Gasteiger partial charge is 0.243 e. The van der Waals surface area contributed by atoms with E-state index in [0.29, 0.717) is 18.4 Å². The number of guanidine groups is 2. The summed E-state index contributed by atoms with van der Waals surface area (Å²) in [5.41, 5.74) is 36.0. The zero-order valence-electron chi connectivity index (χ0n) is 43.3. The number of aromatic amines is 1. The van der Waals surface area contributed by atoms with E-state index in [2.05, 4.69) is 46.9 Å². The normalized spacial score (nSPS) is 21.2. The zero-order valence-corrected chi connectivity index (χ0v) is 43.3. The SMILES string of the molecule is CC(=O)N[C@@H](CCCN=C(N)N)C(=O)N[C@H]1CC(=O)NCCCC[C@@H](C(N)=O)NC(=O)[C@H](Cc2c[nH]c3ccccc23)CC(=O)[C@H](CCCN=C(N)N)CC(=O)[C@@H](Cc2ccccc2)NC(=O)[C@H](CCCCN)NC1=O. The van der Waals surface area contributed by atoms with Gasteiger partial charge in [0, 0.05) is 68.3 Å². The Morgan fingerprint density at radius 3 is 2.05 bits per heavy atom. The summed E-state index contributed by atoms with van der Waals surface area (Å²) in [4.78, 5) is 137. The Labute approximate surface area is 442 Å². The molecule has 24 nitrogen and oxygen atoms in total. The van der Waals surface area contributed by atoms with Crippen LogP contribution in [0.15, 0.2) is 70.8 Å². The summed E-state index contributed by atoms with van der Waals surface area (Å²) in [5.74, 6) is -8.48. The molecule has 414 valence electrons. The Bertz CT molecular complexity index is 2510. The van der Waals surface area contributed by atoms with E-state index in [1.165, 1.54) is 6.92 Å². The Morgan fingerprint density at radius 1 is 0.697 bits per heavy atom. The van der Waals surface area contributed by atoms with Gasteiger partial charge in [0.05, 0.1) is 12.5 Å². The van der Waals surface area contributed by atoms with Crippen molar-refractivity contribution >= 4 is 75.7 Å². The van der Waals surface area contributed by atoms with Gasteiger partial charge in [-0.2, -0.15) is 0 Å². The molecular formula is C52H77N15O9. The number of primary amides is 1. The number of fused-ring (bicyclic) bond motifs is 1. The highest BCUT2D eigenvalue weighted by Crippen LogP contribution is 2.26. The van der Waals surface area contributed by atoms with Crippen LogP contribution in [0, 0.1) is 11.8 Å². The van der Waals surface area contributed by atoms with Crippen molar-refractivity contribution in [2.45, 2.75) is 133 Å². The Kier molecular flexibility index (Phi) is 25.3. The summed E-state index contributed by atoms with van der Waals surface area (Å²) < 4.78 is 0. The number of rotatable bonds is 20. The minimum atomic E-state index is -1.59. The fourth-order valence-electron chi connectivity index (χ4n) is 8.98. The molecule has 1 aromatic heterocycles. The molecule has 0 bridgehead atoms. The van der Waals surface area contributed by atoms with Gasteiger partial charge in [-0.3, -0.25) is 53.1 Å². The van der Waals surface area contributed by atoms with Crippen LogP contribution in [0.2, 0.25) is 0 Å². The number of hydrogen-bond acceptors (Lipinski definition) is 12. The Balaban J connectivity index is 1.78. The average Bonchev–Trinajstić information content (AvgIpc) is 3.78. The minimum Gasteiger partial charge on any atom is -0.370 e. The third-order valence-electron chi connectivity index (χ3n) is 13.0. The van der Waals surface area contributed by atoms with Crippen molar-refractivity contribution in [1.82, 2.24) is 36.9 Å². The van der Waals surface area contributed by atoms with E-state index in [1.807, 2.05) is 24.3 Å². The van der Waals surface area contributed by atoms with Crippen LogP contribution >= 0.6 is 0 Å². The molecule has 0 saturated carbocycles. The van der Waals surface area contributed by atoms with Gasteiger partial charge in [0.1, 0.15) is 30.0 Å². The van der Waals surface area contributed by atoms with Crippen molar-refractivity contribution in [2.75, 3.05) is 26.2 Å². The number of aromatic nitrogens is 1. The molecule has 19 N–H and O–H groups in total. The van der Waals surface area contributed by atoms with Crippen molar-refractivity contribution in [3.05, 3.63) is 71.9 Å². The lowest BCUT2D eigenvalue weighted by Gasteiger charge is -2.27. The number of ketones is 2. The molecule has 0 radical (unpaired) electrons. The minimum absolute atomic E-state index is 0.0174. The number of carbonyl (C=O) groups is 9. The largest absolute Gasteiger partial charge is 0.370 e. The molecule has 2 heterocycles. The molecule has 1 aliphatic heterocycles. The molecule has 7 amide bonds. The van der Waals surface area contributed by atoms with E-state index in [9.17, 15) is 43.2 Å². The number of nitrogens with zero attached hydrogens (tertiary/aromatic N) is 2. The summed E-state index contributed by atoms with van der Waals surface area (Å²) in [6.45, 7) is 1.77. The van der Waals surface area contributed by atoms with Crippen LogP contribution in [0.25, 0.3) is 10.9 Å². The van der Waals surface area contributed by atoms with Crippen molar-refractivity contribution in [1.29, 1.82) is 0 Å². The fourth-order valence-corrected chi connectivity index (χ4v) is 8.98. The summed E-state index contributed by atoms with van der Waals surface area (Å²) in [6.07, 6.45) is 2.64. The van der Waals surface area contributed by atoms with E-state index < -0.39 is 101 Å². The van der Waals surface area contributed by atoms with Crippen molar-refractivity contribution in [2.24, 2.45) is 56.2 Å². The molecule has 4 rings (SSSR count). The van der Waals surface area contributed by atoms with Gasteiger partial charge in [-0.25, -0.2) is 0 Å². The highest BCUT2D eigenvalue weighted by atomic mass is 16.2. The third-order valence-corrected chi connectivity index (χ3v) is 13.0. The van der Waals surface area contributed by atoms with Crippen LogP contribution < -0.4 is 66.3 Å². The molecule has 2 aromatic carbocycles. The molecule has 1 saturated heterocycles. The molecular weight excluding hydrogens is 979 g/mol. The predicted octanol–water partition coefficient (Wildman–Crippen LogP) is -1.04. The van der Waals surface area contributed by atoms with Gasteiger partial charge in [-0.05, 0) is 101 Å². The van der Waals surface area contributed by atoms with Gasteiger partial charge in [0.25, 0.3) is 0 Å². The molecule has 0 spiro atoms. The number of hydrogen-bond donors (Lipinski definition) is 13. The number of H-pyrrole nitrogens is 1. The van der Waals surface area contributed by atoms with E-state index >= 15 is 0 Å². The monoisotopic (exact) mass is 1060 g/mol. The van der Waals surface area contributed by atoms with Crippen LogP contribution in [-0.4, -0.2) is 126 Å². The van der Waals surface area contributed by atoms with Gasteiger partial charge in [0.15, 0.2) is 17.7 Å². The summed E-state index contributed by atoms with van der Waals surface area (Å²) in [6, 6.07) is 9.79. The zero-order chi connectivity index (χ0) is 55.6. The maximum atomic E-state index is 14.8. The second-order valence-corrected chi connectivity index (χ2v) is 19.1. The molecule has 3 aromatic rings. The van der Waals surface area contributed by atoms with Crippen molar-refractivity contribution < 1.29 is 43.2 Å². The molecule has 0 unspecified atom stereocenters. The van der Waals surface area contributed by atoms with Gasteiger partial charge in [0.2, 0.25) is 41.4 Å². The molecule has 1 aliphatic rings. The predicted molar refractivity (Wildman–Crippen MR) is 287 cm³/mol. The number of nitrogens with one attached hydrogen (secondary N) is 7. The number of nitrogens with two attached hydrogens (primary N) is 6. The van der Waals surface area contributed by atoms with E-state index in [-0.39, 0.29) is 115 Å². The third kappa shape index (κ3) is 21.2. The molecule has 7 atom stereocenters. The van der Waals surface area contributed by atoms with E-state index in [1.54, 1.807) is 36.5 Å². The first kappa shape index (κ1) is 60.7. The van der Waals surface area contributed by atoms with Gasteiger partial charge >= 0.3 is 0 Å². The summed E-state index contributed by atoms with van der Waals surface area (Å²) in [5, 5.41) is 17.0. The second-order valence-electron chi connectivity index (χ2n) is 19.1. The Hall–Kier alpha value is -7.89. The Morgan fingerprint density at radius 2 is 1.37 bits per heavy atom. The molecule has 0 aliphatic carbocycles. The number of aliphatic imine (C=N–C) groups is 2. The molecule has 24 heteroatoms. The van der Waals surface area contributed by atoms with E-state index in [4.69, 9.17) is 34.4 Å². The van der Waals surface area contributed by atoms with Crippen LogP contribution in [0.1, 0.15) is 102 Å². The standard InChI is InChI=1S/C52H77N15O9/c1-31(68)63-39(20-12-24-61-52(57)58)48(74)67-42-29-45(71)59-22-10-8-18-38(46(54)72)64-47(73)34(26-35-30-62-37-17-6-5-16-36(35)37)28-43(69)33(15-11-23-60-51(55)56)27-44(70)41(25-32-13-3-2-4-14-32)66-49(75)40(65-50(42)76)19-7-9-21-53/h2-6,13-14,16-17,30,33-34,38-42,62H,7-12,15,18-29,53H2,1H3,(H2,54,72)(H,59,71)(H,63,68)(H,64,73)(H,65,76)(H,66,75)(H,67,74)(H4,55,56,60)(H4,57,58,61)/t33-,34-,38+,39+,40+,41-,42+/m1/s1. The van der Waals surface area contributed by atoms with Crippen molar-refractivity contribution in [3.63, 3.8) is 0 Å². The van der Waals surface area contributed by atoms with Crippen LogP contribution in [0.3, 0.4) is 0 Å². The number of carbonyl (C=O) groups excluding carboxylic acids is 9. The quantitative estimate of drug-likeness (QED) is 0.0365. The first-order valence-corrected chi connectivity index (χ1v) is 25.8. The molecule has 1 fully saturated rings. The van der Waals surface area contributed by atoms with Crippen LogP contribution in [0.5, 0.6) is 0 Å². The number of unbranched alkanes of at least 4 members (excludes halogenated alkanes) is 1. The average molecular weight is 1060 g/mol. The number of para-hydroxylation sites is 1. The maximum absolute atomic E-state index is 14.8. The topological polar surface area (TPSA) is 422 Å². The highest BCUT2D eigenvalue weighted by molar-refractivity contribution is 5.99. The van der Waals surface area contributed by atoms with Crippen LogP contribution in [0.4, 0.5) is 0 Å². The lowest BCUT2D eigenvalue weighted by atomic mass is 9.83. The first-order chi connectivity index (χ1) is 36.3. The molecule has 76 heavy (non-hydrogen) atoms. The first-order valence-electron chi connectivity index (χ1n) is 25.8. The maximum Gasteiger partial charge on any atom is 0.243 e. The van der Waals surface area contributed by atoms with Crippen molar-refractivity contribution in [3.8, 4) is 0 Å². The van der Waals surface area contributed by atoms with Crippen LogP contribution in [-0.2, 0) is 56.0 Å². The number of Topliss-reactive ketones (excluding diaryl/α,β-unsaturated/α-hetero) is 2. The highest BCUT2D eigenvalue weighted by Gasteiger charge is 2.35. The fraction of sp³-hybridized carbons (Fsp3) is 0.519.